The van der Waals surface area contributed by atoms with Crippen LogP contribution in [0.25, 0.3) is 0 Å². The Hall–Kier alpha value is -0.580. The van der Waals surface area contributed by atoms with E-state index in [-0.39, 0.29) is 17.7 Å². The second-order valence-corrected chi connectivity index (χ2v) is 6.02. The molecule has 0 bridgehead atoms. The number of hydrogen-bond acceptors (Lipinski definition) is 3. The molecule has 1 aromatic heterocycles. The van der Waals surface area contributed by atoms with Crippen LogP contribution >= 0.6 is 11.6 Å². The standard InChI is InChI=1S/C16H30ClN3O/c1-7-16(8-2,21-10-4)15(18-9-3)14-13(17)11-19-20(14)12(5)6/h11-12,15,18H,7-10H2,1-6H3. The van der Waals surface area contributed by atoms with Gasteiger partial charge in [-0.15, -0.1) is 0 Å². The molecule has 1 atom stereocenters. The number of likely N-dealkylation sites (N-methyl/N-ethyl adjacent to an activating group) is 1. The minimum absolute atomic E-state index is 0.0369. The molecule has 0 aliphatic rings. The van der Waals surface area contributed by atoms with E-state index in [4.69, 9.17) is 16.3 Å². The molecule has 1 unspecified atom stereocenters. The van der Waals surface area contributed by atoms with Crippen molar-refractivity contribution in [3.8, 4) is 0 Å². The predicted molar refractivity (Wildman–Crippen MR) is 89.0 cm³/mol. The van der Waals surface area contributed by atoms with E-state index in [0.29, 0.717) is 11.6 Å². The molecule has 0 fully saturated rings. The number of ether oxygens (including phenoxy) is 1. The molecule has 0 aromatic carbocycles. The highest BCUT2D eigenvalue weighted by Crippen LogP contribution is 2.39. The Morgan fingerprint density at radius 3 is 2.33 bits per heavy atom. The maximum Gasteiger partial charge on any atom is 0.0886 e. The average molecular weight is 316 g/mol. The van der Waals surface area contributed by atoms with Gasteiger partial charge in [-0.2, -0.15) is 5.10 Å². The van der Waals surface area contributed by atoms with Crippen LogP contribution in [0, 0.1) is 0 Å². The number of nitrogens with one attached hydrogen (secondary N) is 1. The van der Waals surface area contributed by atoms with Crippen molar-refractivity contribution < 1.29 is 4.74 Å². The molecule has 21 heavy (non-hydrogen) atoms. The van der Waals surface area contributed by atoms with Gasteiger partial charge in [0.1, 0.15) is 0 Å². The number of nitrogens with zero attached hydrogens (tertiary/aromatic N) is 2. The first kappa shape index (κ1) is 18.5. The van der Waals surface area contributed by atoms with Gasteiger partial charge in [0.25, 0.3) is 0 Å². The predicted octanol–water partition coefficient (Wildman–Crippen LogP) is 4.36. The van der Waals surface area contributed by atoms with Crippen molar-refractivity contribution >= 4 is 11.6 Å². The van der Waals surface area contributed by atoms with E-state index < -0.39 is 0 Å². The van der Waals surface area contributed by atoms with E-state index in [0.717, 1.165) is 25.1 Å². The molecule has 0 radical (unpaired) electrons. The Labute approximate surface area is 134 Å². The van der Waals surface area contributed by atoms with Crippen LogP contribution in [-0.2, 0) is 4.74 Å². The highest BCUT2D eigenvalue weighted by molar-refractivity contribution is 6.31. The summed E-state index contributed by atoms with van der Waals surface area (Å²) in [5.74, 6) is 0. The number of hydrogen-bond donors (Lipinski definition) is 1. The van der Waals surface area contributed by atoms with Crippen LogP contribution in [0.1, 0.15) is 72.2 Å². The first-order valence-corrected chi connectivity index (χ1v) is 8.45. The summed E-state index contributed by atoms with van der Waals surface area (Å²) in [4.78, 5) is 0. The van der Waals surface area contributed by atoms with Crippen molar-refractivity contribution in [2.45, 2.75) is 72.1 Å². The highest BCUT2D eigenvalue weighted by Gasteiger charge is 2.40. The third-order valence-electron chi connectivity index (χ3n) is 4.11. The molecule has 1 rings (SSSR count). The summed E-state index contributed by atoms with van der Waals surface area (Å²) >= 11 is 6.46. The molecule has 0 aliphatic heterocycles. The largest absolute Gasteiger partial charge is 0.373 e. The van der Waals surface area contributed by atoms with Crippen molar-refractivity contribution in [2.24, 2.45) is 0 Å². The molecule has 1 N–H and O–H groups in total. The van der Waals surface area contributed by atoms with Gasteiger partial charge in [0.05, 0.1) is 28.6 Å². The molecule has 4 nitrogen and oxygen atoms in total. The van der Waals surface area contributed by atoms with E-state index in [2.05, 4.69) is 45.0 Å². The minimum Gasteiger partial charge on any atom is -0.373 e. The zero-order chi connectivity index (χ0) is 16.0. The first-order valence-electron chi connectivity index (χ1n) is 8.07. The summed E-state index contributed by atoms with van der Waals surface area (Å²) in [6, 6.07) is 0.302. The SMILES string of the molecule is CCNC(c1c(Cl)cnn1C(C)C)C(CC)(CC)OCC. The van der Waals surface area contributed by atoms with Crippen LogP contribution in [0.5, 0.6) is 0 Å². The molecule has 122 valence electrons. The third-order valence-corrected chi connectivity index (χ3v) is 4.40. The lowest BCUT2D eigenvalue weighted by Gasteiger charge is -2.40. The second-order valence-electron chi connectivity index (χ2n) is 5.61. The third kappa shape index (κ3) is 3.79. The summed E-state index contributed by atoms with van der Waals surface area (Å²) in [7, 11) is 0. The Kier molecular flexibility index (Phi) is 7.17. The van der Waals surface area contributed by atoms with Crippen LogP contribution in [0.15, 0.2) is 6.20 Å². The fourth-order valence-corrected chi connectivity index (χ4v) is 3.24. The monoisotopic (exact) mass is 315 g/mol. The Morgan fingerprint density at radius 2 is 1.90 bits per heavy atom. The van der Waals surface area contributed by atoms with Gasteiger partial charge in [-0.25, -0.2) is 0 Å². The zero-order valence-corrected chi connectivity index (χ0v) is 15.0. The van der Waals surface area contributed by atoms with Gasteiger partial charge >= 0.3 is 0 Å². The van der Waals surface area contributed by atoms with Crippen LogP contribution in [0.3, 0.4) is 0 Å². The van der Waals surface area contributed by atoms with Gasteiger partial charge in [-0.05, 0) is 40.2 Å². The van der Waals surface area contributed by atoms with Crippen LogP contribution < -0.4 is 5.32 Å². The van der Waals surface area contributed by atoms with Crippen molar-refractivity contribution in [3.05, 3.63) is 16.9 Å². The lowest BCUT2D eigenvalue weighted by atomic mass is 9.85. The summed E-state index contributed by atoms with van der Waals surface area (Å²) in [6.45, 7) is 14.3. The minimum atomic E-state index is -0.263. The van der Waals surface area contributed by atoms with Crippen molar-refractivity contribution in [1.29, 1.82) is 0 Å². The second kappa shape index (κ2) is 8.16. The van der Waals surface area contributed by atoms with Gasteiger partial charge in [0, 0.05) is 12.6 Å². The van der Waals surface area contributed by atoms with E-state index >= 15 is 0 Å². The van der Waals surface area contributed by atoms with Crippen molar-refractivity contribution in [1.82, 2.24) is 15.1 Å². The summed E-state index contributed by atoms with van der Waals surface area (Å²) < 4.78 is 8.20. The normalized spacial score (nSPS) is 13.9. The maximum atomic E-state index is 6.46. The fraction of sp³-hybridized carbons (Fsp3) is 0.812. The van der Waals surface area contributed by atoms with Gasteiger partial charge in [-0.3, -0.25) is 4.68 Å². The lowest BCUT2D eigenvalue weighted by Crippen LogP contribution is -2.46. The van der Waals surface area contributed by atoms with Crippen LogP contribution in [-0.4, -0.2) is 28.5 Å². The lowest BCUT2D eigenvalue weighted by molar-refractivity contribution is -0.0749. The van der Waals surface area contributed by atoms with Crippen molar-refractivity contribution in [3.63, 3.8) is 0 Å². The molecular formula is C16H30ClN3O. The smallest absolute Gasteiger partial charge is 0.0886 e. The molecular weight excluding hydrogens is 286 g/mol. The molecule has 1 aromatic rings. The van der Waals surface area contributed by atoms with E-state index in [1.165, 1.54) is 0 Å². The van der Waals surface area contributed by atoms with Crippen LogP contribution in [0.2, 0.25) is 5.02 Å². The Balaban J connectivity index is 3.37. The van der Waals surface area contributed by atoms with Gasteiger partial charge in [0.15, 0.2) is 0 Å². The quantitative estimate of drug-likeness (QED) is 0.735. The highest BCUT2D eigenvalue weighted by atomic mass is 35.5. The van der Waals surface area contributed by atoms with Gasteiger partial charge in [-0.1, -0.05) is 32.4 Å². The molecule has 0 aliphatic carbocycles. The maximum absolute atomic E-state index is 6.46. The van der Waals surface area contributed by atoms with E-state index in [9.17, 15) is 0 Å². The molecule has 0 spiro atoms. The number of halogens is 1. The number of aromatic nitrogens is 2. The first-order chi connectivity index (χ1) is 9.97. The van der Waals surface area contributed by atoms with E-state index in [1.54, 1.807) is 6.20 Å². The molecule has 0 saturated heterocycles. The Bertz CT molecular complexity index is 427. The summed E-state index contributed by atoms with van der Waals surface area (Å²) in [6.07, 6.45) is 3.59. The topological polar surface area (TPSA) is 39.1 Å². The Morgan fingerprint density at radius 1 is 1.29 bits per heavy atom. The van der Waals surface area contributed by atoms with Crippen molar-refractivity contribution in [2.75, 3.05) is 13.2 Å². The van der Waals surface area contributed by atoms with E-state index in [1.807, 2.05) is 11.6 Å². The summed E-state index contributed by atoms with van der Waals surface area (Å²) in [5, 5.41) is 8.74. The van der Waals surface area contributed by atoms with Crippen LogP contribution in [0.4, 0.5) is 0 Å². The van der Waals surface area contributed by atoms with Gasteiger partial charge in [0.2, 0.25) is 0 Å². The number of rotatable bonds is 9. The van der Waals surface area contributed by atoms with Gasteiger partial charge < -0.3 is 10.1 Å². The summed E-state index contributed by atoms with van der Waals surface area (Å²) in [5.41, 5.74) is 0.770. The zero-order valence-electron chi connectivity index (χ0n) is 14.2. The molecule has 1 heterocycles. The molecule has 0 saturated carbocycles. The molecule has 5 heteroatoms. The molecule has 0 amide bonds. The average Bonchev–Trinajstić information content (AvgIpc) is 2.84. The fourth-order valence-electron chi connectivity index (χ4n) is 3.00.